The van der Waals surface area contributed by atoms with Gasteiger partial charge < -0.3 is 5.32 Å². The third kappa shape index (κ3) is 5.77. The first kappa shape index (κ1) is 27.9. The molecule has 208 valence electrons. The molecule has 2 heterocycles. The van der Waals surface area contributed by atoms with Gasteiger partial charge >= 0.3 is 6.18 Å². The molecule has 1 aliphatic heterocycles. The van der Waals surface area contributed by atoms with Crippen molar-refractivity contribution in [1.82, 2.24) is 14.1 Å². The van der Waals surface area contributed by atoms with Gasteiger partial charge in [0.15, 0.2) is 5.69 Å². The predicted octanol–water partition coefficient (Wildman–Crippen LogP) is 6.64. The van der Waals surface area contributed by atoms with E-state index in [9.17, 15) is 26.4 Å². The van der Waals surface area contributed by atoms with Crippen molar-refractivity contribution in [2.45, 2.75) is 30.3 Å². The number of aromatic nitrogens is 2. The number of amides is 1. The summed E-state index contributed by atoms with van der Waals surface area (Å²) >= 11 is 6.23. The molecule has 1 aliphatic rings. The van der Waals surface area contributed by atoms with Crippen LogP contribution in [-0.2, 0) is 16.2 Å². The topological polar surface area (TPSA) is 84.3 Å². The first-order valence-electron chi connectivity index (χ1n) is 12.5. The van der Waals surface area contributed by atoms with E-state index in [0.717, 1.165) is 30.0 Å². The molecule has 0 aliphatic carbocycles. The Kier molecular flexibility index (Phi) is 7.72. The van der Waals surface area contributed by atoms with E-state index in [2.05, 4.69) is 10.4 Å². The maximum absolute atomic E-state index is 13.5. The molecule has 7 nitrogen and oxygen atoms in total. The Morgan fingerprint density at radius 2 is 1.60 bits per heavy atom. The molecule has 3 aromatic carbocycles. The fourth-order valence-electron chi connectivity index (χ4n) is 4.52. The number of para-hydroxylation sites is 1. The molecule has 0 bridgehead atoms. The number of nitrogens with one attached hydrogen (secondary N) is 1. The Labute approximate surface area is 234 Å². The molecule has 0 spiro atoms. The summed E-state index contributed by atoms with van der Waals surface area (Å²) in [6.07, 6.45) is -2.06. The highest BCUT2D eigenvalue weighted by atomic mass is 35.5. The zero-order valence-corrected chi connectivity index (χ0v) is 22.6. The van der Waals surface area contributed by atoms with E-state index in [1.165, 1.54) is 40.7 Å². The summed E-state index contributed by atoms with van der Waals surface area (Å²) in [5, 5.41) is 6.66. The van der Waals surface area contributed by atoms with Crippen LogP contribution in [-0.4, -0.2) is 41.5 Å². The second kappa shape index (κ2) is 11.1. The van der Waals surface area contributed by atoms with Gasteiger partial charge in [-0.25, -0.2) is 13.1 Å². The van der Waals surface area contributed by atoms with Gasteiger partial charge in [-0.05, 0) is 61.4 Å². The van der Waals surface area contributed by atoms with Gasteiger partial charge in [0.25, 0.3) is 5.91 Å². The molecule has 0 atom stereocenters. The van der Waals surface area contributed by atoms with Crippen molar-refractivity contribution in [3.8, 4) is 16.9 Å². The van der Waals surface area contributed by atoms with Crippen LogP contribution in [0.4, 0.5) is 18.9 Å². The van der Waals surface area contributed by atoms with E-state index < -0.39 is 27.8 Å². The fourth-order valence-corrected chi connectivity index (χ4v) is 6.30. The predicted molar refractivity (Wildman–Crippen MR) is 146 cm³/mol. The number of benzene rings is 3. The van der Waals surface area contributed by atoms with Crippen molar-refractivity contribution in [1.29, 1.82) is 0 Å². The second-order valence-electron chi connectivity index (χ2n) is 9.30. The minimum Gasteiger partial charge on any atom is -0.322 e. The molecule has 40 heavy (non-hydrogen) atoms. The van der Waals surface area contributed by atoms with E-state index in [4.69, 9.17) is 11.6 Å². The molecule has 1 amide bonds. The minimum absolute atomic E-state index is 0.0934. The Bertz CT molecular complexity index is 1650. The molecule has 5 rings (SSSR count). The lowest BCUT2D eigenvalue weighted by atomic mass is 10.1. The molecular formula is C28H24ClF3N4O3S. The lowest BCUT2D eigenvalue weighted by Gasteiger charge is -2.26. The van der Waals surface area contributed by atoms with Crippen LogP contribution in [0.2, 0.25) is 5.02 Å². The number of anilines is 1. The number of sulfonamides is 1. The summed E-state index contributed by atoms with van der Waals surface area (Å²) < 4.78 is 69.1. The van der Waals surface area contributed by atoms with Gasteiger partial charge in [-0.2, -0.15) is 22.6 Å². The number of hydrogen-bond donors (Lipinski definition) is 1. The van der Waals surface area contributed by atoms with E-state index >= 15 is 0 Å². The summed E-state index contributed by atoms with van der Waals surface area (Å²) in [5.41, 5.74) is 0.253. The van der Waals surface area contributed by atoms with Crippen LogP contribution in [0.15, 0.2) is 83.8 Å². The second-order valence-corrected chi connectivity index (χ2v) is 11.6. The molecule has 1 saturated heterocycles. The first-order valence-corrected chi connectivity index (χ1v) is 14.3. The monoisotopic (exact) mass is 588 g/mol. The summed E-state index contributed by atoms with van der Waals surface area (Å²) in [6, 6.07) is 19.3. The highest BCUT2D eigenvalue weighted by Crippen LogP contribution is 2.34. The maximum Gasteiger partial charge on any atom is 0.435 e. The number of hydrogen-bond acceptors (Lipinski definition) is 4. The lowest BCUT2D eigenvalue weighted by Crippen LogP contribution is -2.35. The van der Waals surface area contributed by atoms with Crippen molar-refractivity contribution in [3.63, 3.8) is 0 Å². The average Bonchev–Trinajstić information content (AvgIpc) is 3.40. The first-order chi connectivity index (χ1) is 19.0. The highest BCUT2D eigenvalue weighted by molar-refractivity contribution is 7.89. The van der Waals surface area contributed by atoms with Gasteiger partial charge in [0, 0.05) is 29.9 Å². The van der Waals surface area contributed by atoms with Gasteiger partial charge in [-0.15, -0.1) is 0 Å². The number of nitrogens with zero attached hydrogens (tertiary/aromatic N) is 3. The molecule has 0 radical (unpaired) electrons. The third-order valence-corrected chi connectivity index (χ3v) is 8.78. The van der Waals surface area contributed by atoms with E-state index in [-0.39, 0.29) is 26.9 Å². The number of piperidine rings is 1. The van der Waals surface area contributed by atoms with Crippen LogP contribution >= 0.6 is 11.6 Å². The normalized spacial score (nSPS) is 14.7. The molecule has 1 aromatic heterocycles. The Morgan fingerprint density at radius 1 is 0.900 bits per heavy atom. The van der Waals surface area contributed by atoms with E-state index in [1.54, 1.807) is 36.4 Å². The Morgan fingerprint density at radius 3 is 2.27 bits per heavy atom. The fraction of sp³-hybridized carbons (Fsp3) is 0.214. The number of alkyl halides is 3. The van der Waals surface area contributed by atoms with E-state index in [1.807, 2.05) is 0 Å². The summed E-state index contributed by atoms with van der Waals surface area (Å²) in [4.78, 5) is 13.0. The van der Waals surface area contributed by atoms with Crippen molar-refractivity contribution in [3.05, 3.63) is 95.1 Å². The van der Waals surface area contributed by atoms with Gasteiger partial charge in [-0.1, -0.05) is 48.4 Å². The van der Waals surface area contributed by atoms with Crippen molar-refractivity contribution in [2.24, 2.45) is 0 Å². The largest absolute Gasteiger partial charge is 0.435 e. The number of halogens is 4. The zero-order valence-electron chi connectivity index (χ0n) is 21.0. The van der Waals surface area contributed by atoms with Crippen molar-refractivity contribution >= 4 is 33.2 Å². The lowest BCUT2D eigenvalue weighted by molar-refractivity contribution is -0.141. The Hall–Kier alpha value is -3.67. The van der Waals surface area contributed by atoms with Gasteiger partial charge in [0.1, 0.15) is 0 Å². The number of carbonyl (C=O) groups excluding carboxylic acids is 1. The number of rotatable bonds is 6. The minimum atomic E-state index is -4.67. The quantitative estimate of drug-likeness (QED) is 0.274. The van der Waals surface area contributed by atoms with Crippen molar-refractivity contribution in [2.75, 3.05) is 18.4 Å². The summed E-state index contributed by atoms with van der Waals surface area (Å²) in [6.45, 7) is 0.927. The number of carbonyl (C=O) groups is 1. The van der Waals surface area contributed by atoms with Crippen LogP contribution < -0.4 is 5.32 Å². The Balaban J connectivity index is 1.39. The summed E-state index contributed by atoms with van der Waals surface area (Å²) in [5.74, 6) is -0.505. The molecule has 1 fully saturated rings. The van der Waals surface area contributed by atoms with Gasteiger partial charge in [0.05, 0.1) is 21.3 Å². The molecule has 0 saturated carbocycles. The highest BCUT2D eigenvalue weighted by Gasteiger charge is 2.35. The van der Waals surface area contributed by atoms with Crippen LogP contribution in [0.25, 0.3) is 16.9 Å². The standard InChI is InChI=1S/C28H24ClF3N4O3S/c29-23-9-2-3-10-24(23)36-25(18-26(34-36)28(30,31)32)19-11-13-20(14-12-19)27(37)33-21-7-6-8-22(17-21)40(38,39)35-15-4-1-5-16-35/h2-3,6-14,17-18H,1,4-5,15-16H2,(H,33,37). The molecule has 4 aromatic rings. The zero-order chi connectivity index (χ0) is 28.5. The van der Waals surface area contributed by atoms with Gasteiger partial charge in [0.2, 0.25) is 10.0 Å². The molecule has 12 heteroatoms. The van der Waals surface area contributed by atoms with Gasteiger partial charge in [-0.3, -0.25) is 4.79 Å². The maximum atomic E-state index is 13.5. The third-order valence-electron chi connectivity index (χ3n) is 6.57. The van der Waals surface area contributed by atoms with Crippen LogP contribution in [0.5, 0.6) is 0 Å². The van der Waals surface area contributed by atoms with Crippen LogP contribution in [0.1, 0.15) is 35.3 Å². The van der Waals surface area contributed by atoms with E-state index in [0.29, 0.717) is 24.3 Å². The average molecular weight is 589 g/mol. The summed E-state index contributed by atoms with van der Waals surface area (Å²) in [7, 11) is -3.68. The molecule has 1 N–H and O–H groups in total. The smallest absolute Gasteiger partial charge is 0.322 e. The molecular weight excluding hydrogens is 565 g/mol. The SMILES string of the molecule is O=C(Nc1cccc(S(=O)(=O)N2CCCCC2)c1)c1ccc(-c2cc(C(F)(F)F)nn2-c2ccccc2Cl)cc1. The van der Waals surface area contributed by atoms with Crippen LogP contribution in [0, 0.1) is 0 Å². The van der Waals surface area contributed by atoms with Crippen molar-refractivity contribution < 1.29 is 26.4 Å². The molecule has 0 unspecified atom stereocenters. The van der Waals surface area contributed by atoms with Crippen LogP contribution in [0.3, 0.4) is 0 Å².